The number of ether oxygens (including phenoxy) is 2. The summed E-state index contributed by atoms with van der Waals surface area (Å²) in [6.07, 6.45) is 0.601. The number of hydrogen-bond donors (Lipinski definition) is 0. The molecule has 19 heavy (non-hydrogen) atoms. The van der Waals surface area contributed by atoms with E-state index in [0.29, 0.717) is 12.3 Å². The molecule has 0 aromatic heterocycles. The van der Waals surface area contributed by atoms with Gasteiger partial charge in [-0.1, -0.05) is 26.0 Å². The molecular formula is C16H24O3. The molecule has 106 valence electrons. The molecule has 0 N–H and O–H groups in total. The molecule has 0 aliphatic heterocycles. The van der Waals surface area contributed by atoms with E-state index in [4.69, 9.17) is 9.47 Å². The number of rotatable bonds is 5. The van der Waals surface area contributed by atoms with Crippen molar-refractivity contribution < 1.29 is 14.3 Å². The monoisotopic (exact) mass is 264 g/mol. The Morgan fingerprint density at radius 3 is 2.37 bits per heavy atom. The Bertz CT molecular complexity index is 447. The van der Waals surface area contributed by atoms with Crippen LogP contribution in [0.5, 0.6) is 5.75 Å². The van der Waals surface area contributed by atoms with Gasteiger partial charge in [0.15, 0.2) is 0 Å². The first-order valence-electron chi connectivity index (χ1n) is 6.57. The van der Waals surface area contributed by atoms with Gasteiger partial charge in [-0.2, -0.15) is 0 Å². The summed E-state index contributed by atoms with van der Waals surface area (Å²) in [5.41, 5.74) is 1.73. The van der Waals surface area contributed by atoms with Gasteiger partial charge in [0, 0.05) is 0 Å². The van der Waals surface area contributed by atoms with Crippen molar-refractivity contribution in [3.63, 3.8) is 0 Å². The number of carbonyl (C=O) groups is 1. The first-order valence-corrected chi connectivity index (χ1v) is 6.57. The molecule has 0 amide bonds. The minimum atomic E-state index is -0.558. The highest BCUT2D eigenvalue weighted by atomic mass is 16.5. The third kappa shape index (κ3) is 3.72. The Hall–Kier alpha value is -1.51. The quantitative estimate of drug-likeness (QED) is 0.763. The van der Waals surface area contributed by atoms with E-state index in [1.165, 1.54) is 12.7 Å². The molecule has 0 spiro atoms. The topological polar surface area (TPSA) is 35.5 Å². The van der Waals surface area contributed by atoms with E-state index in [1.54, 1.807) is 7.11 Å². The lowest BCUT2D eigenvalue weighted by molar-refractivity contribution is -0.150. The zero-order valence-electron chi connectivity index (χ0n) is 12.7. The molecule has 0 atom stereocenters. The molecule has 0 aliphatic rings. The highest BCUT2D eigenvalue weighted by Gasteiger charge is 2.30. The predicted molar refractivity (Wildman–Crippen MR) is 76.6 cm³/mol. The van der Waals surface area contributed by atoms with Crippen LogP contribution in [0.4, 0.5) is 0 Å². The Balaban J connectivity index is 3.10. The van der Waals surface area contributed by atoms with Gasteiger partial charge in [0.05, 0.1) is 19.6 Å². The molecule has 0 radical (unpaired) electrons. The minimum Gasteiger partial charge on any atom is -0.496 e. The van der Waals surface area contributed by atoms with Crippen molar-refractivity contribution in [3.8, 4) is 5.75 Å². The van der Waals surface area contributed by atoms with E-state index in [0.717, 1.165) is 11.3 Å². The van der Waals surface area contributed by atoms with Crippen LogP contribution in [0.3, 0.4) is 0 Å². The summed E-state index contributed by atoms with van der Waals surface area (Å²) in [4.78, 5) is 11.8. The number of methoxy groups -OCH3 is 2. The first-order chi connectivity index (χ1) is 8.81. The maximum Gasteiger partial charge on any atom is 0.311 e. The van der Waals surface area contributed by atoms with E-state index in [1.807, 2.05) is 19.9 Å². The van der Waals surface area contributed by atoms with Crippen LogP contribution in [0.2, 0.25) is 0 Å². The van der Waals surface area contributed by atoms with Crippen LogP contribution in [0.15, 0.2) is 18.2 Å². The number of benzene rings is 1. The number of carbonyl (C=O) groups excluding carboxylic acids is 1. The second kappa shape index (κ2) is 6.09. The van der Waals surface area contributed by atoms with Gasteiger partial charge in [-0.25, -0.2) is 0 Å². The molecule has 3 nitrogen and oxygen atoms in total. The molecule has 0 aliphatic carbocycles. The highest BCUT2D eigenvalue weighted by Crippen LogP contribution is 2.31. The summed E-state index contributed by atoms with van der Waals surface area (Å²) in [5.74, 6) is 1.07. The van der Waals surface area contributed by atoms with E-state index < -0.39 is 5.41 Å². The summed E-state index contributed by atoms with van der Waals surface area (Å²) in [6, 6.07) is 6.16. The highest BCUT2D eigenvalue weighted by molar-refractivity contribution is 5.76. The molecule has 1 aromatic carbocycles. The summed E-state index contributed by atoms with van der Waals surface area (Å²) in [5, 5.41) is 0. The lowest BCUT2D eigenvalue weighted by Crippen LogP contribution is -2.28. The normalized spacial score (nSPS) is 11.5. The fourth-order valence-electron chi connectivity index (χ4n) is 2.12. The van der Waals surface area contributed by atoms with Crippen molar-refractivity contribution in [1.29, 1.82) is 0 Å². The van der Waals surface area contributed by atoms with Gasteiger partial charge >= 0.3 is 5.97 Å². The second-order valence-corrected chi connectivity index (χ2v) is 5.78. The van der Waals surface area contributed by atoms with E-state index in [2.05, 4.69) is 26.0 Å². The maximum atomic E-state index is 11.8. The molecule has 3 heteroatoms. The fraction of sp³-hybridized carbons (Fsp3) is 0.562. The van der Waals surface area contributed by atoms with Crippen LogP contribution in [-0.4, -0.2) is 20.2 Å². The third-order valence-electron chi connectivity index (χ3n) is 3.34. The van der Waals surface area contributed by atoms with Gasteiger partial charge in [0.1, 0.15) is 5.75 Å². The van der Waals surface area contributed by atoms with Gasteiger partial charge < -0.3 is 9.47 Å². The Morgan fingerprint density at radius 1 is 1.26 bits per heavy atom. The van der Waals surface area contributed by atoms with Crippen LogP contribution >= 0.6 is 0 Å². The Kier molecular flexibility index (Phi) is 4.98. The maximum absolute atomic E-state index is 11.8. The molecule has 0 fully saturated rings. The Labute approximate surface area is 115 Å². The van der Waals surface area contributed by atoms with Gasteiger partial charge in [-0.15, -0.1) is 0 Å². The first kappa shape index (κ1) is 15.5. The zero-order valence-corrected chi connectivity index (χ0v) is 12.7. The van der Waals surface area contributed by atoms with Crippen LogP contribution in [0.1, 0.15) is 44.7 Å². The van der Waals surface area contributed by atoms with Crippen LogP contribution in [0.25, 0.3) is 0 Å². The Morgan fingerprint density at radius 2 is 1.89 bits per heavy atom. The standard InChI is InChI=1S/C16H24O3/c1-11(2)12-7-8-14(18-5)13(9-12)10-16(3,4)15(17)19-6/h7-9,11H,10H2,1-6H3. The molecule has 0 saturated heterocycles. The molecule has 0 unspecified atom stereocenters. The van der Waals surface area contributed by atoms with Gasteiger partial charge in [0.25, 0.3) is 0 Å². The second-order valence-electron chi connectivity index (χ2n) is 5.78. The smallest absolute Gasteiger partial charge is 0.311 e. The summed E-state index contributed by atoms with van der Waals surface area (Å²) < 4.78 is 10.2. The van der Waals surface area contributed by atoms with Crippen molar-refractivity contribution in [1.82, 2.24) is 0 Å². The van der Waals surface area contributed by atoms with E-state index >= 15 is 0 Å². The molecule has 0 heterocycles. The predicted octanol–water partition coefficient (Wildman–Crippen LogP) is 3.56. The third-order valence-corrected chi connectivity index (χ3v) is 3.34. The minimum absolute atomic E-state index is 0.204. The van der Waals surface area contributed by atoms with Crippen molar-refractivity contribution in [2.45, 2.75) is 40.0 Å². The van der Waals surface area contributed by atoms with Gasteiger partial charge in [0.2, 0.25) is 0 Å². The summed E-state index contributed by atoms with van der Waals surface area (Å²) in [6.45, 7) is 8.08. The van der Waals surface area contributed by atoms with Crippen LogP contribution in [0, 0.1) is 5.41 Å². The number of hydrogen-bond acceptors (Lipinski definition) is 3. The van der Waals surface area contributed by atoms with E-state index in [9.17, 15) is 4.79 Å². The lowest BCUT2D eigenvalue weighted by Gasteiger charge is -2.23. The molecule has 1 aromatic rings. The fourth-order valence-corrected chi connectivity index (χ4v) is 2.12. The van der Waals surface area contributed by atoms with Gasteiger partial charge in [-0.3, -0.25) is 4.79 Å². The van der Waals surface area contributed by atoms with Crippen molar-refractivity contribution >= 4 is 5.97 Å². The van der Waals surface area contributed by atoms with E-state index in [-0.39, 0.29) is 5.97 Å². The largest absolute Gasteiger partial charge is 0.496 e. The van der Waals surface area contributed by atoms with Crippen molar-refractivity contribution in [2.75, 3.05) is 14.2 Å². The average Bonchev–Trinajstić information content (AvgIpc) is 2.36. The molecule has 1 rings (SSSR count). The van der Waals surface area contributed by atoms with Gasteiger partial charge in [-0.05, 0) is 43.4 Å². The van der Waals surface area contributed by atoms with Crippen LogP contribution < -0.4 is 4.74 Å². The molecular weight excluding hydrogens is 240 g/mol. The zero-order chi connectivity index (χ0) is 14.6. The lowest BCUT2D eigenvalue weighted by atomic mass is 9.84. The number of esters is 1. The molecule has 0 saturated carbocycles. The average molecular weight is 264 g/mol. The molecule has 0 bridgehead atoms. The van der Waals surface area contributed by atoms with Crippen molar-refractivity contribution in [2.24, 2.45) is 5.41 Å². The summed E-state index contributed by atoms with van der Waals surface area (Å²) in [7, 11) is 3.07. The summed E-state index contributed by atoms with van der Waals surface area (Å²) >= 11 is 0. The SMILES string of the molecule is COC(=O)C(C)(C)Cc1cc(C(C)C)ccc1OC. The van der Waals surface area contributed by atoms with Crippen LogP contribution in [-0.2, 0) is 16.0 Å². The van der Waals surface area contributed by atoms with Crippen molar-refractivity contribution in [3.05, 3.63) is 29.3 Å².